The van der Waals surface area contributed by atoms with Gasteiger partial charge in [0, 0.05) is 56.7 Å². The van der Waals surface area contributed by atoms with E-state index >= 15 is 0 Å². The van der Waals surface area contributed by atoms with Crippen LogP contribution in [0.1, 0.15) is 66.2 Å². The zero-order chi connectivity index (χ0) is 33.4. The van der Waals surface area contributed by atoms with E-state index in [-0.39, 0.29) is 50.0 Å². The van der Waals surface area contributed by atoms with Crippen LogP contribution in [-0.2, 0) is 38.8 Å². The lowest BCUT2D eigenvalue weighted by Crippen LogP contribution is -2.64. The van der Waals surface area contributed by atoms with Crippen LogP contribution in [0.5, 0.6) is 0 Å². The molecule has 256 valence electrons. The monoisotopic (exact) mass is 694 g/mol. The number of hydrogen-bond acceptors (Lipinski definition) is 8. The Morgan fingerprint density at radius 3 is 2.60 bits per heavy atom. The van der Waals surface area contributed by atoms with E-state index in [2.05, 4.69) is 22.0 Å². The van der Waals surface area contributed by atoms with Gasteiger partial charge in [0.1, 0.15) is 12.1 Å². The highest BCUT2D eigenvalue weighted by atomic mass is 35.5. The van der Waals surface area contributed by atoms with Crippen LogP contribution in [0.25, 0.3) is 0 Å². The number of carbonyl (C=O) groups is 2. The Hall–Kier alpha value is -3.48. The third kappa shape index (κ3) is 6.84. The van der Waals surface area contributed by atoms with Gasteiger partial charge in [-0.05, 0) is 80.3 Å². The Morgan fingerprint density at radius 2 is 1.81 bits per heavy atom. The molecule has 11 nitrogen and oxygen atoms in total. The Kier molecular flexibility index (Phi) is 9.50. The van der Waals surface area contributed by atoms with Gasteiger partial charge < -0.3 is 14.2 Å². The van der Waals surface area contributed by atoms with Crippen LogP contribution in [0.15, 0.2) is 49.1 Å². The second kappa shape index (κ2) is 13.8. The fourth-order valence-electron chi connectivity index (χ4n) is 7.86. The molecule has 48 heavy (non-hydrogen) atoms. The molecule has 3 fully saturated rings. The van der Waals surface area contributed by atoms with Crippen molar-refractivity contribution in [2.75, 3.05) is 38.5 Å². The van der Waals surface area contributed by atoms with Crippen LogP contribution < -0.4 is 0 Å². The Bertz CT molecular complexity index is 1780. The third-order valence-corrected chi connectivity index (χ3v) is 12.7. The fraction of sp³-hybridized carbons (Fsp3) is 0.543. The predicted molar refractivity (Wildman–Crippen MR) is 181 cm³/mol. The summed E-state index contributed by atoms with van der Waals surface area (Å²) in [5.74, 6) is -0.387. The van der Waals surface area contributed by atoms with E-state index in [1.54, 1.807) is 20.7 Å². The van der Waals surface area contributed by atoms with E-state index in [0.717, 1.165) is 73.0 Å². The molecule has 2 aliphatic carbocycles. The first-order chi connectivity index (χ1) is 23.2. The predicted octanol–water partition coefficient (Wildman–Crippen LogP) is 4.21. The SMILES string of the molecule is Cc1cn(C[C@@H]2CN(C(=O)[C@H]3CN(C4c5ccc(Cl)cc5CCc5cccnc54)CCN3C(=O)OC3CCCCC3)CCS2(=O)=O)cn1. The molecule has 7 rings (SSSR count). The lowest BCUT2D eigenvalue weighted by atomic mass is 9.95. The summed E-state index contributed by atoms with van der Waals surface area (Å²) in [6.45, 7) is 3.27. The summed E-state index contributed by atoms with van der Waals surface area (Å²) in [6.07, 6.45) is 11.1. The molecule has 0 N–H and O–H groups in total. The maximum atomic E-state index is 14.6. The maximum Gasteiger partial charge on any atom is 0.410 e. The summed E-state index contributed by atoms with van der Waals surface area (Å²) < 4.78 is 34.2. The summed E-state index contributed by atoms with van der Waals surface area (Å²) in [7, 11) is -3.44. The van der Waals surface area contributed by atoms with Crippen LogP contribution in [0, 0.1) is 6.92 Å². The zero-order valence-electron chi connectivity index (χ0n) is 27.3. The molecule has 2 saturated heterocycles. The molecular formula is C35H43ClN6O5S. The van der Waals surface area contributed by atoms with Crippen LogP contribution in [0.2, 0.25) is 5.02 Å². The van der Waals surface area contributed by atoms with Crippen molar-refractivity contribution < 1.29 is 22.7 Å². The van der Waals surface area contributed by atoms with Gasteiger partial charge in [-0.25, -0.2) is 18.2 Å². The number of aromatic nitrogens is 3. The molecule has 2 amide bonds. The number of imidazole rings is 1. The van der Waals surface area contributed by atoms with Gasteiger partial charge in [0.25, 0.3) is 0 Å². The number of amides is 2. The zero-order valence-corrected chi connectivity index (χ0v) is 28.9. The van der Waals surface area contributed by atoms with Crippen molar-refractivity contribution in [3.8, 4) is 0 Å². The number of carbonyl (C=O) groups excluding carboxylic acids is 2. The first-order valence-corrected chi connectivity index (χ1v) is 19.2. The third-order valence-electron chi connectivity index (χ3n) is 10.4. The van der Waals surface area contributed by atoms with Gasteiger partial charge in [-0.15, -0.1) is 0 Å². The molecule has 2 aromatic heterocycles. The van der Waals surface area contributed by atoms with Gasteiger partial charge in [-0.1, -0.05) is 30.2 Å². The first-order valence-electron chi connectivity index (χ1n) is 17.1. The van der Waals surface area contributed by atoms with Gasteiger partial charge in [0.2, 0.25) is 5.91 Å². The number of hydrogen-bond donors (Lipinski definition) is 0. The molecule has 3 atom stereocenters. The summed E-state index contributed by atoms with van der Waals surface area (Å²) in [5.41, 5.74) is 5.13. The van der Waals surface area contributed by atoms with Crippen molar-refractivity contribution in [1.82, 2.24) is 29.2 Å². The van der Waals surface area contributed by atoms with Gasteiger partial charge in [0.05, 0.1) is 34.8 Å². The number of piperazine rings is 1. The molecule has 1 aromatic carbocycles. The molecule has 13 heteroatoms. The molecule has 4 aliphatic rings. The van der Waals surface area contributed by atoms with Crippen molar-refractivity contribution in [2.45, 2.75) is 81.9 Å². The van der Waals surface area contributed by atoms with E-state index < -0.39 is 27.2 Å². The number of fused-ring (bicyclic) bond motifs is 2. The molecule has 0 spiro atoms. The number of aryl methyl sites for hydroxylation is 3. The number of halogens is 1. The maximum absolute atomic E-state index is 14.6. The normalized spacial score (nSPS) is 24.8. The van der Waals surface area contributed by atoms with E-state index in [4.69, 9.17) is 21.3 Å². The molecule has 0 bridgehead atoms. The average molecular weight is 695 g/mol. The van der Waals surface area contributed by atoms with Gasteiger partial charge in [-0.3, -0.25) is 19.6 Å². The first kappa shape index (κ1) is 33.0. The number of nitrogens with zero attached hydrogens (tertiary/aromatic N) is 6. The molecule has 2 aliphatic heterocycles. The van der Waals surface area contributed by atoms with Crippen LogP contribution in [0.3, 0.4) is 0 Å². The van der Waals surface area contributed by atoms with Crippen molar-refractivity contribution in [2.24, 2.45) is 0 Å². The number of ether oxygens (including phenoxy) is 1. The second-order valence-electron chi connectivity index (χ2n) is 13.6. The lowest BCUT2D eigenvalue weighted by Gasteiger charge is -2.45. The number of sulfone groups is 1. The van der Waals surface area contributed by atoms with E-state index in [9.17, 15) is 18.0 Å². The van der Waals surface area contributed by atoms with Crippen LogP contribution in [-0.4, -0.2) is 106 Å². The Balaban J connectivity index is 1.20. The molecule has 0 radical (unpaired) electrons. The average Bonchev–Trinajstić information content (AvgIpc) is 3.42. The van der Waals surface area contributed by atoms with E-state index in [1.807, 2.05) is 37.5 Å². The van der Waals surface area contributed by atoms with Crippen molar-refractivity contribution >= 4 is 33.4 Å². The topological polar surface area (TPSA) is 118 Å². The van der Waals surface area contributed by atoms with Gasteiger partial charge >= 0.3 is 6.09 Å². The highest BCUT2D eigenvalue weighted by Crippen LogP contribution is 2.38. The minimum atomic E-state index is -3.44. The van der Waals surface area contributed by atoms with Gasteiger partial charge in [0.15, 0.2) is 9.84 Å². The molecule has 1 unspecified atom stereocenters. The smallest absolute Gasteiger partial charge is 0.410 e. The minimum Gasteiger partial charge on any atom is -0.446 e. The quantitative estimate of drug-likeness (QED) is 0.390. The summed E-state index contributed by atoms with van der Waals surface area (Å²) in [4.78, 5) is 43.0. The highest BCUT2D eigenvalue weighted by molar-refractivity contribution is 7.92. The fourth-order valence-corrected chi connectivity index (χ4v) is 9.67. The number of pyridine rings is 1. The van der Waals surface area contributed by atoms with Crippen molar-refractivity contribution in [1.29, 1.82) is 0 Å². The van der Waals surface area contributed by atoms with E-state index in [0.29, 0.717) is 18.1 Å². The molecule has 4 heterocycles. The largest absolute Gasteiger partial charge is 0.446 e. The van der Waals surface area contributed by atoms with Gasteiger partial charge in [-0.2, -0.15) is 0 Å². The number of benzene rings is 1. The minimum absolute atomic E-state index is 0.0511. The van der Waals surface area contributed by atoms with Crippen molar-refractivity contribution in [3.63, 3.8) is 0 Å². The standard InChI is InChI=1S/C35H43ClN6O5S/c1-24-19-39(23-38-24)20-29-21-41(16-17-48(29,45)46)34(43)31-22-40(14-15-42(31)35(44)47-28-7-3-2-4-8-28)33-30-12-11-27(36)18-26(30)10-9-25-6-5-13-37-32(25)33/h5-6,11-13,18-19,23,28-29,31,33H,2-4,7-10,14-17,20-22H2,1H3/t29-,31-,33?/m1/s1. The van der Waals surface area contributed by atoms with Crippen molar-refractivity contribution in [3.05, 3.63) is 82.2 Å². The molecule has 1 saturated carbocycles. The van der Waals surface area contributed by atoms with E-state index in [1.165, 1.54) is 0 Å². The second-order valence-corrected chi connectivity index (χ2v) is 16.5. The summed E-state index contributed by atoms with van der Waals surface area (Å²) >= 11 is 6.46. The lowest BCUT2D eigenvalue weighted by molar-refractivity contribution is -0.139. The van der Waals surface area contributed by atoms with Crippen LogP contribution >= 0.6 is 11.6 Å². The Labute approximate surface area is 287 Å². The summed E-state index contributed by atoms with van der Waals surface area (Å²) in [6, 6.07) is 8.96. The number of rotatable bonds is 5. The molecule has 3 aromatic rings. The molecular weight excluding hydrogens is 652 g/mol. The van der Waals surface area contributed by atoms with Crippen LogP contribution in [0.4, 0.5) is 4.79 Å². The highest BCUT2D eigenvalue weighted by Gasteiger charge is 2.45. The summed E-state index contributed by atoms with van der Waals surface area (Å²) in [5, 5.41) is -0.101. The Morgan fingerprint density at radius 1 is 1.00 bits per heavy atom.